The third kappa shape index (κ3) is 5.52. The van der Waals surface area contributed by atoms with E-state index in [1.807, 2.05) is 24.3 Å². The van der Waals surface area contributed by atoms with Crippen LogP contribution in [0, 0.1) is 0 Å². The molecular weight excluding hydrogens is 446 g/mol. The first-order valence-electron chi connectivity index (χ1n) is 11.3. The second-order valence-corrected chi connectivity index (χ2v) is 11.0. The maximum absolute atomic E-state index is 13.2. The molecule has 2 aromatic rings. The van der Waals surface area contributed by atoms with Crippen molar-refractivity contribution in [3.63, 3.8) is 0 Å². The van der Waals surface area contributed by atoms with Gasteiger partial charge in [0, 0.05) is 37.2 Å². The first kappa shape index (κ1) is 23.2. The number of sulfonamides is 1. The number of amides is 1. The van der Waals surface area contributed by atoms with E-state index in [9.17, 15) is 13.2 Å². The summed E-state index contributed by atoms with van der Waals surface area (Å²) < 4.78 is 27.7. The number of benzene rings is 2. The summed E-state index contributed by atoms with van der Waals surface area (Å²) in [4.78, 5) is 15.7. The molecule has 4 rings (SSSR count). The van der Waals surface area contributed by atoms with Crippen LogP contribution in [0.15, 0.2) is 59.5 Å². The Morgan fingerprint density at radius 2 is 1.62 bits per heavy atom. The van der Waals surface area contributed by atoms with E-state index >= 15 is 0 Å². The Morgan fingerprint density at radius 1 is 0.938 bits per heavy atom. The number of hydrogen-bond donors (Lipinski definition) is 1. The van der Waals surface area contributed by atoms with E-state index in [4.69, 9.17) is 11.6 Å². The van der Waals surface area contributed by atoms with E-state index in [-0.39, 0.29) is 16.8 Å². The molecule has 0 aromatic heterocycles. The van der Waals surface area contributed by atoms with Crippen LogP contribution in [0.25, 0.3) is 0 Å². The molecule has 6 nitrogen and oxygen atoms in total. The molecule has 0 spiro atoms. The first-order chi connectivity index (χ1) is 15.4. The standard InChI is InChI=1S/C24H30ClN3O3S/c25-20-11-9-19(10-12-20)18-27-16-13-21(14-17-27)26-24(29)23-8-4-5-15-28(23)32(30,31)22-6-2-1-3-7-22/h1-3,6-7,9-12,21,23H,4-5,8,13-18H2,(H,26,29). The number of rotatable bonds is 6. The molecule has 1 atom stereocenters. The minimum absolute atomic E-state index is 0.0761. The zero-order valence-electron chi connectivity index (χ0n) is 18.1. The topological polar surface area (TPSA) is 69.7 Å². The average Bonchev–Trinajstić information content (AvgIpc) is 2.82. The Balaban J connectivity index is 1.34. The van der Waals surface area contributed by atoms with E-state index in [0.717, 1.165) is 50.3 Å². The van der Waals surface area contributed by atoms with Crippen molar-refractivity contribution in [3.8, 4) is 0 Å². The molecule has 2 aliphatic rings. The zero-order chi connectivity index (χ0) is 22.6. The summed E-state index contributed by atoms with van der Waals surface area (Å²) in [7, 11) is -3.69. The zero-order valence-corrected chi connectivity index (χ0v) is 19.7. The van der Waals surface area contributed by atoms with Gasteiger partial charge in [0.1, 0.15) is 6.04 Å². The van der Waals surface area contributed by atoms with Gasteiger partial charge in [-0.05, 0) is 55.5 Å². The van der Waals surface area contributed by atoms with Crippen LogP contribution in [-0.4, -0.2) is 55.2 Å². The number of nitrogens with zero attached hydrogens (tertiary/aromatic N) is 2. The molecule has 2 saturated heterocycles. The average molecular weight is 476 g/mol. The summed E-state index contributed by atoms with van der Waals surface area (Å²) in [6, 6.07) is 15.7. The molecule has 1 unspecified atom stereocenters. The van der Waals surface area contributed by atoms with Crippen molar-refractivity contribution in [3.05, 3.63) is 65.2 Å². The van der Waals surface area contributed by atoms with Gasteiger partial charge in [0.2, 0.25) is 15.9 Å². The van der Waals surface area contributed by atoms with Crippen LogP contribution in [0.4, 0.5) is 0 Å². The Morgan fingerprint density at radius 3 is 2.31 bits per heavy atom. The monoisotopic (exact) mass is 475 g/mol. The summed E-state index contributed by atoms with van der Waals surface area (Å²) >= 11 is 5.96. The molecule has 2 aromatic carbocycles. The van der Waals surface area contributed by atoms with E-state index in [2.05, 4.69) is 10.2 Å². The predicted octanol–water partition coefficient (Wildman–Crippen LogP) is 3.66. The lowest BCUT2D eigenvalue weighted by atomic mass is 10.0. The lowest BCUT2D eigenvalue weighted by molar-refractivity contribution is -0.126. The first-order valence-corrected chi connectivity index (χ1v) is 13.1. The highest BCUT2D eigenvalue weighted by Gasteiger charge is 2.38. The van der Waals surface area contributed by atoms with Crippen LogP contribution in [0.2, 0.25) is 5.02 Å². The molecule has 8 heteroatoms. The van der Waals surface area contributed by atoms with E-state index < -0.39 is 16.1 Å². The summed E-state index contributed by atoms with van der Waals surface area (Å²) in [6.45, 7) is 3.03. The van der Waals surface area contributed by atoms with Crippen LogP contribution in [0.5, 0.6) is 0 Å². The number of piperidine rings is 2. The molecule has 0 radical (unpaired) electrons. The number of carbonyl (C=O) groups is 1. The van der Waals surface area contributed by atoms with Crippen LogP contribution in [0.3, 0.4) is 0 Å². The van der Waals surface area contributed by atoms with Gasteiger partial charge in [-0.1, -0.05) is 48.4 Å². The van der Waals surface area contributed by atoms with Gasteiger partial charge in [-0.3, -0.25) is 9.69 Å². The highest BCUT2D eigenvalue weighted by atomic mass is 35.5. The predicted molar refractivity (Wildman–Crippen MR) is 126 cm³/mol. The molecule has 2 fully saturated rings. The molecule has 0 saturated carbocycles. The van der Waals surface area contributed by atoms with Crippen molar-refractivity contribution >= 4 is 27.5 Å². The number of carbonyl (C=O) groups excluding carboxylic acids is 1. The van der Waals surface area contributed by atoms with Crippen LogP contribution in [0.1, 0.15) is 37.7 Å². The molecule has 1 N–H and O–H groups in total. The number of hydrogen-bond acceptors (Lipinski definition) is 4. The van der Waals surface area contributed by atoms with Gasteiger partial charge >= 0.3 is 0 Å². The van der Waals surface area contributed by atoms with Gasteiger partial charge in [-0.25, -0.2) is 8.42 Å². The Kier molecular flexibility index (Phi) is 7.51. The number of likely N-dealkylation sites (tertiary alicyclic amines) is 1. The van der Waals surface area contributed by atoms with Crippen molar-refractivity contribution in [2.75, 3.05) is 19.6 Å². The maximum Gasteiger partial charge on any atom is 0.243 e. The van der Waals surface area contributed by atoms with Gasteiger partial charge in [0.25, 0.3) is 0 Å². The molecule has 32 heavy (non-hydrogen) atoms. The molecule has 0 aliphatic carbocycles. The quantitative estimate of drug-likeness (QED) is 0.692. The fourth-order valence-corrected chi connectivity index (χ4v) is 6.37. The van der Waals surface area contributed by atoms with Crippen LogP contribution < -0.4 is 5.32 Å². The second kappa shape index (κ2) is 10.3. The molecule has 172 valence electrons. The summed E-state index contributed by atoms with van der Waals surface area (Å²) in [5, 5.41) is 3.88. The Labute approximate surface area is 195 Å². The fourth-order valence-electron chi connectivity index (χ4n) is 4.56. The minimum atomic E-state index is -3.69. The van der Waals surface area contributed by atoms with Crippen molar-refractivity contribution < 1.29 is 13.2 Å². The molecule has 0 bridgehead atoms. The summed E-state index contributed by atoms with van der Waals surface area (Å²) in [5.74, 6) is -0.166. The highest BCUT2D eigenvalue weighted by Crippen LogP contribution is 2.26. The van der Waals surface area contributed by atoms with Crippen molar-refractivity contribution in [1.82, 2.24) is 14.5 Å². The lowest BCUT2D eigenvalue weighted by Crippen LogP contribution is -2.55. The van der Waals surface area contributed by atoms with Crippen LogP contribution >= 0.6 is 11.6 Å². The fraction of sp³-hybridized carbons (Fsp3) is 0.458. The van der Waals surface area contributed by atoms with Gasteiger partial charge in [0.05, 0.1) is 4.90 Å². The number of nitrogens with one attached hydrogen (secondary N) is 1. The van der Waals surface area contributed by atoms with Gasteiger partial charge < -0.3 is 5.32 Å². The molecule has 1 amide bonds. The molecular formula is C24H30ClN3O3S. The largest absolute Gasteiger partial charge is 0.352 e. The third-order valence-corrected chi connectivity index (χ3v) is 8.53. The minimum Gasteiger partial charge on any atom is -0.352 e. The summed E-state index contributed by atoms with van der Waals surface area (Å²) in [5.41, 5.74) is 1.22. The Bertz CT molecular complexity index is 1010. The lowest BCUT2D eigenvalue weighted by Gasteiger charge is -2.36. The van der Waals surface area contributed by atoms with Crippen molar-refractivity contribution in [1.29, 1.82) is 0 Å². The van der Waals surface area contributed by atoms with Crippen LogP contribution in [-0.2, 0) is 21.4 Å². The van der Waals surface area contributed by atoms with E-state index in [1.54, 1.807) is 30.3 Å². The van der Waals surface area contributed by atoms with Gasteiger partial charge in [-0.2, -0.15) is 4.31 Å². The maximum atomic E-state index is 13.2. The summed E-state index contributed by atoms with van der Waals surface area (Å²) in [6.07, 6.45) is 3.92. The van der Waals surface area contributed by atoms with Crippen molar-refractivity contribution in [2.45, 2.75) is 55.6 Å². The molecule has 2 heterocycles. The third-order valence-electron chi connectivity index (χ3n) is 6.36. The highest BCUT2D eigenvalue weighted by molar-refractivity contribution is 7.89. The van der Waals surface area contributed by atoms with Crippen molar-refractivity contribution in [2.24, 2.45) is 0 Å². The Hall–Kier alpha value is -1.93. The molecule has 2 aliphatic heterocycles. The SMILES string of the molecule is O=C(NC1CCN(Cc2ccc(Cl)cc2)CC1)C1CCCCN1S(=O)(=O)c1ccccc1. The second-order valence-electron chi connectivity index (χ2n) is 8.63. The van der Waals surface area contributed by atoms with Gasteiger partial charge in [0.15, 0.2) is 0 Å². The van der Waals surface area contributed by atoms with E-state index in [1.165, 1.54) is 9.87 Å². The normalized spacial score (nSPS) is 21.3. The smallest absolute Gasteiger partial charge is 0.243 e. The number of halogens is 1. The van der Waals surface area contributed by atoms with E-state index in [0.29, 0.717) is 13.0 Å². The van der Waals surface area contributed by atoms with Gasteiger partial charge in [-0.15, -0.1) is 0 Å².